The minimum absolute atomic E-state index is 0.142. The Morgan fingerprint density at radius 2 is 1.69 bits per heavy atom. The number of imidazole rings is 1. The lowest BCUT2D eigenvalue weighted by Crippen LogP contribution is -2.38. The van der Waals surface area contributed by atoms with Crippen LogP contribution in [0.1, 0.15) is 23.8 Å². The van der Waals surface area contributed by atoms with Crippen molar-refractivity contribution in [3.8, 4) is 17.4 Å². The fourth-order valence-electron chi connectivity index (χ4n) is 4.92. The first-order valence-electron chi connectivity index (χ1n) is 11.6. The van der Waals surface area contributed by atoms with Gasteiger partial charge >= 0.3 is 0 Å². The second-order valence-corrected chi connectivity index (χ2v) is 8.93. The number of aromatic nitrogens is 4. The second-order valence-electron chi connectivity index (χ2n) is 8.93. The Morgan fingerprint density at radius 3 is 2.42 bits per heavy atom. The van der Waals surface area contributed by atoms with Gasteiger partial charge in [0, 0.05) is 19.3 Å². The average molecular weight is 493 g/mol. The zero-order valence-electron chi connectivity index (χ0n) is 20.0. The molecule has 2 aromatic carbocycles. The van der Waals surface area contributed by atoms with Gasteiger partial charge in [0.15, 0.2) is 17.4 Å². The van der Waals surface area contributed by atoms with Gasteiger partial charge in [-0.3, -0.25) is 4.57 Å². The molecule has 0 saturated carbocycles. The van der Waals surface area contributed by atoms with Crippen LogP contribution in [0.4, 0.5) is 0 Å². The van der Waals surface area contributed by atoms with Gasteiger partial charge in [-0.15, -0.1) is 0 Å². The van der Waals surface area contributed by atoms with E-state index < -0.39 is 24.0 Å². The smallest absolute Gasteiger partial charge is 0.242 e. The molecule has 10 nitrogen and oxygen atoms in total. The van der Waals surface area contributed by atoms with Crippen LogP contribution >= 0.6 is 0 Å². The maximum absolute atomic E-state index is 12.0. The van der Waals surface area contributed by atoms with Gasteiger partial charge in [-0.2, -0.15) is 4.98 Å². The first-order chi connectivity index (χ1) is 17.4. The molecule has 0 amide bonds. The molecule has 1 unspecified atom stereocenters. The van der Waals surface area contributed by atoms with Crippen molar-refractivity contribution >= 4 is 11.2 Å². The molecule has 0 bridgehead atoms. The normalized spacial score (nSPS) is 22.6. The molecule has 1 aliphatic heterocycles. The summed E-state index contributed by atoms with van der Waals surface area (Å²) in [6, 6.07) is 14.9. The maximum atomic E-state index is 12.0. The number of aliphatic hydroxyl groups excluding tert-OH is 1. The van der Waals surface area contributed by atoms with Gasteiger partial charge in [-0.1, -0.05) is 36.4 Å². The van der Waals surface area contributed by atoms with Crippen molar-refractivity contribution in [1.29, 1.82) is 0 Å². The Kier molecular flexibility index (Phi) is 6.48. The molecule has 1 aliphatic rings. The molecule has 2 aromatic heterocycles. The van der Waals surface area contributed by atoms with Crippen LogP contribution in [0.2, 0.25) is 0 Å². The summed E-state index contributed by atoms with van der Waals surface area (Å²) in [7, 11) is 3.16. The quantitative estimate of drug-likeness (QED) is 0.339. The number of hydrogen-bond donors (Lipinski definition) is 3. The standard InChI is InChI=1S/C26H28N4O6/c1-34-19-9-5-3-7-16(19)11-18(31)21-13-26(33,12-17-8-4-6-10-20(17)35-2)25(36-21)30-15-29-22-23(30)27-14-28-24(22)32/h3-10,14-15,18,21,25,31,33H,11-13H2,1-2H3,(H,27,28,32)/t18?,21-,25+,26+/m0/s1. The number of aliphatic hydroxyl groups is 2. The predicted molar refractivity (Wildman–Crippen MR) is 130 cm³/mol. The summed E-state index contributed by atoms with van der Waals surface area (Å²) >= 11 is 0. The molecule has 188 valence electrons. The number of rotatable bonds is 8. The van der Waals surface area contributed by atoms with Crippen LogP contribution in [0.5, 0.6) is 17.4 Å². The van der Waals surface area contributed by atoms with Crippen LogP contribution in [0.25, 0.3) is 11.2 Å². The third-order valence-corrected chi connectivity index (χ3v) is 6.65. The van der Waals surface area contributed by atoms with Crippen molar-refractivity contribution in [3.63, 3.8) is 0 Å². The van der Waals surface area contributed by atoms with E-state index in [2.05, 4.69) is 15.0 Å². The summed E-state index contributed by atoms with van der Waals surface area (Å²) in [5.74, 6) is 1.04. The van der Waals surface area contributed by atoms with Crippen LogP contribution in [-0.4, -0.2) is 66.9 Å². The van der Waals surface area contributed by atoms with E-state index in [0.29, 0.717) is 17.1 Å². The average Bonchev–Trinajstić information content (AvgIpc) is 3.46. The molecule has 5 rings (SSSR count). The van der Waals surface area contributed by atoms with E-state index in [1.807, 2.05) is 48.5 Å². The monoisotopic (exact) mass is 492 g/mol. The van der Waals surface area contributed by atoms with Crippen LogP contribution in [-0.2, 0) is 17.6 Å². The lowest BCUT2D eigenvalue weighted by atomic mass is 9.87. The highest BCUT2D eigenvalue weighted by molar-refractivity contribution is 5.75. The number of para-hydroxylation sites is 2. The highest BCUT2D eigenvalue weighted by Crippen LogP contribution is 2.44. The van der Waals surface area contributed by atoms with Crippen LogP contribution < -0.4 is 9.47 Å². The third-order valence-electron chi connectivity index (χ3n) is 6.65. The number of aromatic hydroxyl groups is 1. The largest absolute Gasteiger partial charge is 0.496 e. The molecule has 0 spiro atoms. The van der Waals surface area contributed by atoms with Crippen molar-refractivity contribution in [2.45, 2.75) is 43.3 Å². The summed E-state index contributed by atoms with van der Waals surface area (Å²) in [6.07, 6.45) is 0.711. The zero-order chi connectivity index (χ0) is 25.3. The zero-order valence-corrected chi connectivity index (χ0v) is 20.0. The van der Waals surface area contributed by atoms with Gasteiger partial charge in [-0.25, -0.2) is 9.97 Å². The highest BCUT2D eigenvalue weighted by atomic mass is 16.5. The third kappa shape index (κ3) is 4.34. The fourth-order valence-corrected chi connectivity index (χ4v) is 4.92. The molecular formula is C26H28N4O6. The van der Waals surface area contributed by atoms with Gasteiger partial charge in [0.2, 0.25) is 5.88 Å². The molecule has 4 atom stereocenters. The van der Waals surface area contributed by atoms with E-state index in [1.165, 1.54) is 12.7 Å². The number of hydrogen-bond acceptors (Lipinski definition) is 9. The number of methoxy groups -OCH3 is 2. The van der Waals surface area contributed by atoms with Crippen molar-refractivity contribution in [2.75, 3.05) is 14.2 Å². The Hall–Kier alpha value is -3.73. The lowest BCUT2D eigenvalue weighted by molar-refractivity contribution is -0.105. The molecule has 4 aromatic rings. The van der Waals surface area contributed by atoms with Crippen molar-refractivity contribution in [3.05, 3.63) is 72.3 Å². The Morgan fingerprint density at radius 1 is 1.03 bits per heavy atom. The lowest BCUT2D eigenvalue weighted by Gasteiger charge is -2.30. The molecule has 3 N–H and O–H groups in total. The van der Waals surface area contributed by atoms with Crippen molar-refractivity contribution in [1.82, 2.24) is 19.5 Å². The Balaban J connectivity index is 1.51. The van der Waals surface area contributed by atoms with Crippen LogP contribution in [0, 0.1) is 0 Å². The topological polar surface area (TPSA) is 132 Å². The van der Waals surface area contributed by atoms with Crippen molar-refractivity contribution in [2.24, 2.45) is 0 Å². The first kappa shape index (κ1) is 24.0. The predicted octanol–water partition coefficient (Wildman–Crippen LogP) is 2.41. The molecule has 1 saturated heterocycles. The number of benzene rings is 2. The summed E-state index contributed by atoms with van der Waals surface area (Å²) in [6.45, 7) is 0. The minimum Gasteiger partial charge on any atom is -0.496 e. The van der Waals surface area contributed by atoms with E-state index in [4.69, 9.17) is 14.2 Å². The van der Waals surface area contributed by atoms with E-state index in [0.717, 1.165) is 11.1 Å². The Bertz CT molecular complexity index is 1360. The summed E-state index contributed by atoms with van der Waals surface area (Å²) in [4.78, 5) is 12.2. The second kappa shape index (κ2) is 9.73. The number of nitrogens with zero attached hydrogens (tertiary/aromatic N) is 4. The summed E-state index contributed by atoms with van der Waals surface area (Å²) in [5, 5.41) is 33.3. The maximum Gasteiger partial charge on any atom is 0.242 e. The Labute approximate surface area is 207 Å². The first-order valence-corrected chi connectivity index (χ1v) is 11.6. The molecule has 36 heavy (non-hydrogen) atoms. The van der Waals surface area contributed by atoms with Crippen molar-refractivity contribution < 1.29 is 29.5 Å². The van der Waals surface area contributed by atoms with E-state index >= 15 is 0 Å². The SMILES string of the molecule is COc1ccccc1CC(O)[C@@H]1C[C@](O)(Cc2ccccc2OC)[C@H](n2cnc3c(O)ncnc32)O1. The molecule has 10 heteroatoms. The molecule has 0 radical (unpaired) electrons. The number of ether oxygens (including phenoxy) is 3. The summed E-state index contributed by atoms with van der Waals surface area (Å²) < 4.78 is 18.8. The van der Waals surface area contributed by atoms with Gasteiger partial charge in [0.05, 0.1) is 32.8 Å². The van der Waals surface area contributed by atoms with Crippen LogP contribution in [0.15, 0.2) is 61.2 Å². The van der Waals surface area contributed by atoms with Gasteiger partial charge in [0.1, 0.15) is 23.4 Å². The van der Waals surface area contributed by atoms with Gasteiger partial charge in [-0.05, 0) is 23.3 Å². The van der Waals surface area contributed by atoms with Gasteiger partial charge in [0.25, 0.3) is 0 Å². The summed E-state index contributed by atoms with van der Waals surface area (Å²) in [5.41, 5.74) is 0.677. The number of fused-ring (bicyclic) bond motifs is 1. The van der Waals surface area contributed by atoms with E-state index in [-0.39, 0.29) is 30.7 Å². The molecular weight excluding hydrogens is 464 g/mol. The molecule has 1 fully saturated rings. The van der Waals surface area contributed by atoms with Crippen LogP contribution in [0.3, 0.4) is 0 Å². The fraction of sp³-hybridized carbons (Fsp3) is 0.346. The van der Waals surface area contributed by atoms with E-state index in [9.17, 15) is 15.3 Å². The van der Waals surface area contributed by atoms with Gasteiger partial charge < -0.3 is 29.5 Å². The minimum atomic E-state index is -1.45. The highest BCUT2D eigenvalue weighted by Gasteiger charge is 2.51. The molecule has 3 heterocycles. The molecule has 0 aliphatic carbocycles. The van der Waals surface area contributed by atoms with E-state index in [1.54, 1.807) is 18.8 Å².